The summed E-state index contributed by atoms with van der Waals surface area (Å²) in [6, 6.07) is 6.55. The van der Waals surface area contributed by atoms with Crippen molar-refractivity contribution in [1.29, 1.82) is 0 Å². The second-order valence-electron chi connectivity index (χ2n) is 5.04. The first-order valence-corrected chi connectivity index (χ1v) is 7.20. The topological polar surface area (TPSA) is 78.7 Å². The molecule has 1 aromatic carbocycles. The first-order chi connectivity index (χ1) is 9.97. The van der Waals surface area contributed by atoms with Crippen molar-refractivity contribution in [3.63, 3.8) is 0 Å². The van der Waals surface area contributed by atoms with Gasteiger partial charge in [-0.1, -0.05) is 17.7 Å². The Morgan fingerprint density at radius 1 is 1.29 bits per heavy atom. The van der Waals surface area contributed by atoms with E-state index in [4.69, 9.17) is 17.3 Å². The summed E-state index contributed by atoms with van der Waals surface area (Å²) in [7, 11) is 0. The summed E-state index contributed by atoms with van der Waals surface area (Å²) in [4.78, 5) is 27.0. The normalized spacial score (nSPS) is 17.3. The van der Waals surface area contributed by atoms with Crippen LogP contribution in [0.5, 0.6) is 0 Å². The number of nitrogens with zero attached hydrogens (tertiary/aromatic N) is 2. The van der Waals surface area contributed by atoms with Gasteiger partial charge in [0.05, 0.1) is 6.04 Å². The van der Waals surface area contributed by atoms with Crippen LogP contribution in [-0.2, 0) is 4.79 Å². The van der Waals surface area contributed by atoms with Crippen LogP contribution in [0.3, 0.4) is 0 Å². The number of urea groups is 1. The summed E-state index contributed by atoms with van der Waals surface area (Å²) in [6.07, 6.45) is 0. The summed E-state index contributed by atoms with van der Waals surface area (Å²) >= 11 is 5.88. The minimum atomic E-state index is -0.341. The van der Waals surface area contributed by atoms with E-state index in [9.17, 15) is 9.59 Å². The number of carbonyl (C=O) groups excluding carboxylic acids is 2. The number of nitrogens with one attached hydrogen (secondary N) is 1. The van der Waals surface area contributed by atoms with Gasteiger partial charge in [-0.2, -0.15) is 0 Å². The number of piperazine rings is 1. The molecule has 1 saturated heterocycles. The van der Waals surface area contributed by atoms with Gasteiger partial charge < -0.3 is 16.0 Å². The zero-order valence-corrected chi connectivity index (χ0v) is 12.6. The average molecular weight is 311 g/mol. The Labute approximate surface area is 128 Å². The average Bonchev–Trinajstić information content (AvgIpc) is 2.46. The van der Waals surface area contributed by atoms with Gasteiger partial charge in [-0.25, -0.2) is 4.79 Å². The molecule has 1 heterocycles. The third kappa shape index (κ3) is 4.09. The SMILES string of the molecule is C[C@@H](C(N)=O)N1CCN(C(=O)Nc2cccc(Cl)c2)CC1. The fourth-order valence-corrected chi connectivity index (χ4v) is 2.45. The number of amides is 3. The minimum absolute atomic E-state index is 0.163. The Kier molecular flexibility index (Phi) is 5.03. The highest BCUT2D eigenvalue weighted by Gasteiger charge is 2.26. The van der Waals surface area contributed by atoms with Crippen LogP contribution in [0.25, 0.3) is 0 Å². The highest BCUT2D eigenvalue weighted by atomic mass is 35.5. The van der Waals surface area contributed by atoms with E-state index >= 15 is 0 Å². The molecule has 1 aliphatic rings. The fourth-order valence-electron chi connectivity index (χ4n) is 2.26. The summed E-state index contributed by atoms with van der Waals surface area (Å²) in [5.41, 5.74) is 5.96. The molecule has 7 heteroatoms. The molecule has 1 atom stereocenters. The van der Waals surface area contributed by atoms with E-state index in [0.29, 0.717) is 36.9 Å². The molecule has 1 fully saturated rings. The van der Waals surface area contributed by atoms with Crippen LogP contribution in [0.1, 0.15) is 6.92 Å². The molecule has 114 valence electrons. The van der Waals surface area contributed by atoms with E-state index in [1.807, 2.05) is 4.90 Å². The highest BCUT2D eigenvalue weighted by Crippen LogP contribution is 2.16. The molecular formula is C14H19ClN4O2. The number of carbonyl (C=O) groups is 2. The van der Waals surface area contributed by atoms with Gasteiger partial charge >= 0.3 is 6.03 Å². The lowest BCUT2D eigenvalue weighted by atomic mass is 10.2. The molecule has 0 spiro atoms. The van der Waals surface area contributed by atoms with Crippen molar-refractivity contribution in [3.05, 3.63) is 29.3 Å². The number of nitrogens with two attached hydrogens (primary N) is 1. The zero-order chi connectivity index (χ0) is 15.4. The lowest BCUT2D eigenvalue weighted by molar-refractivity contribution is -0.123. The van der Waals surface area contributed by atoms with Crippen LogP contribution in [-0.4, -0.2) is 54.0 Å². The summed E-state index contributed by atoms with van der Waals surface area (Å²) in [5.74, 6) is -0.341. The number of halogens is 1. The molecule has 3 N–H and O–H groups in total. The number of hydrogen-bond donors (Lipinski definition) is 2. The third-order valence-electron chi connectivity index (χ3n) is 3.64. The van der Waals surface area contributed by atoms with Crippen molar-refractivity contribution in [1.82, 2.24) is 9.80 Å². The van der Waals surface area contributed by atoms with E-state index in [1.54, 1.807) is 36.1 Å². The molecule has 0 aromatic heterocycles. The van der Waals surface area contributed by atoms with Gasteiger partial charge in [-0.05, 0) is 25.1 Å². The van der Waals surface area contributed by atoms with Crippen LogP contribution in [0.15, 0.2) is 24.3 Å². The lowest BCUT2D eigenvalue weighted by Gasteiger charge is -2.36. The molecule has 0 unspecified atom stereocenters. The standard InChI is InChI=1S/C14H19ClN4O2/c1-10(13(16)20)18-5-7-19(8-6-18)14(21)17-12-4-2-3-11(15)9-12/h2-4,9-10H,5-8H2,1H3,(H2,16,20)(H,17,21)/t10-/m0/s1. The third-order valence-corrected chi connectivity index (χ3v) is 3.87. The van der Waals surface area contributed by atoms with Crippen molar-refractivity contribution in [2.75, 3.05) is 31.5 Å². The van der Waals surface area contributed by atoms with Gasteiger partial charge in [0.2, 0.25) is 5.91 Å². The molecule has 0 saturated carbocycles. The second-order valence-corrected chi connectivity index (χ2v) is 5.48. The molecule has 21 heavy (non-hydrogen) atoms. The van der Waals surface area contributed by atoms with Crippen LogP contribution in [0.2, 0.25) is 5.02 Å². The molecule has 3 amide bonds. The molecular weight excluding hydrogens is 292 g/mol. The molecule has 1 aliphatic heterocycles. The van der Waals surface area contributed by atoms with Gasteiger partial charge in [0.15, 0.2) is 0 Å². The van der Waals surface area contributed by atoms with Gasteiger partial charge in [0, 0.05) is 36.9 Å². The van der Waals surface area contributed by atoms with E-state index in [2.05, 4.69) is 5.32 Å². The number of benzene rings is 1. The van der Waals surface area contributed by atoms with E-state index in [0.717, 1.165) is 0 Å². The Hall–Kier alpha value is -1.79. The number of anilines is 1. The summed E-state index contributed by atoms with van der Waals surface area (Å²) < 4.78 is 0. The largest absolute Gasteiger partial charge is 0.368 e. The Morgan fingerprint density at radius 2 is 1.95 bits per heavy atom. The highest BCUT2D eigenvalue weighted by molar-refractivity contribution is 6.30. The van der Waals surface area contributed by atoms with Crippen molar-refractivity contribution in [2.24, 2.45) is 5.73 Å². The van der Waals surface area contributed by atoms with Crippen LogP contribution < -0.4 is 11.1 Å². The first kappa shape index (κ1) is 15.6. The Balaban J connectivity index is 1.87. The molecule has 0 aliphatic carbocycles. The van der Waals surface area contributed by atoms with E-state index < -0.39 is 0 Å². The molecule has 0 radical (unpaired) electrons. The van der Waals surface area contributed by atoms with E-state index in [1.165, 1.54) is 0 Å². The van der Waals surface area contributed by atoms with Gasteiger partial charge in [0.25, 0.3) is 0 Å². The van der Waals surface area contributed by atoms with Gasteiger partial charge in [-0.15, -0.1) is 0 Å². The van der Waals surface area contributed by atoms with Crippen LogP contribution in [0, 0.1) is 0 Å². The smallest absolute Gasteiger partial charge is 0.321 e. The summed E-state index contributed by atoms with van der Waals surface area (Å²) in [5, 5.41) is 3.39. The maximum Gasteiger partial charge on any atom is 0.321 e. The van der Waals surface area contributed by atoms with Crippen molar-refractivity contribution in [2.45, 2.75) is 13.0 Å². The Bertz CT molecular complexity index is 529. The molecule has 1 aromatic rings. The zero-order valence-electron chi connectivity index (χ0n) is 11.9. The maximum atomic E-state index is 12.2. The van der Waals surface area contributed by atoms with Gasteiger partial charge in [-0.3, -0.25) is 9.69 Å². The monoisotopic (exact) mass is 310 g/mol. The van der Waals surface area contributed by atoms with Crippen LogP contribution >= 0.6 is 11.6 Å². The predicted molar refractivity (Wildman–Crippen MR) is 82.3 cm³/mol. The van der Waals surface area contributed by atoms with Gasteiger partial charge in [0.1, 0.15) is 0 Å². The van der Waals surface area contributed by atoms with Crippen LogP contribution in [0.4, 0.5) is 10.5 Å². The fraction of sp³-hybridized carbons (Fsp3) is 0.429. The quantitative estimate of drug-likeness (QED) is 0.885. The molecule has 6 nitrogen and oxygen atoms in total. The number of primary amides is 1. The second kappa shape index (κ2) is 6.78. The van der Waals surface area contributed by atoms with E-state index in [-0.39, 0.29) is 18.0 Å². The molecule has 0 bridgehead atoms. The first-order valence-electron chi connectivity index (χ1n) is 6.82. The molecule has 2 rings (SSSR count). The maximum absolute atomic E-state index is 12.2. The Morgan fingerprint density at radius 3 is 2.52 bits per heavy atom. The minimum Gasteiger partial charge on any atom is -0.368 e. The van der Waals surface area contributed by atoms with Crippen molar-refractivity contribution in [3.8, 4) is 0 Å². The lowest BCUT2D eigenvalue weighted by Crippen LogP contribution is -2.55. The predicted octanol–water partition coefficient (Wildman–Crippen LogP) is 1.36. The number of hydrogen-bond acceptors (Lipinski definition) is 3. The number of rotatable bonds is 3. The van der Waals surface area contributed by atoms with Crippen molar-refractivity contribution < 1.29 is 9.59 Å². The summed E-state index contributed by atoms with van der Waals surface area (Å²) in [6.45, 7) is 4.16. The van der Waals surface area contributed by atoms with Crippen molar-refractivity contribution >= 4 is 29.2 Å².